The van der Waals surface area contributed by atoms with Gasteiger partial charge in [0.1, 0.15) is 0 Å². The summed E-state index contributed by atoms with van der Waals surface area (Å²) in [6.07, 6.45) is 0.240. The van der Waals surface area contributed by atoms with Crippen LogP contribution in [0.4, 0.5) is 5.69 Å². The Bertz CT molecular complexity index is 594. The summed E-state index contributed by atoms with van der Waals surface area (Å²) >= 11 is 0. The maximum atomic E-state index is 11.3. The fourth-order valence-corrected chi connectivity index (χ4v) is 1.67. The maximum Gasteiger partial charge on any atom is 0.419 e. The van der Waals surface area contributed by atoms with Crippen LogP contribution in [-0.2, 0) is 19.1 Å². The minimum atomic E-state index is -1.75. The minimum absolute atomic E-state index is 0.0201. The van der Waals surface area contributed by atoms with Crippen molar-refractivity contribution in [2.75, 3.05) is 5.32 Å². The van der Waals surface area contributed by atoms with E-state index in [0.717, 1.165) is 0 Å². The molecule has 1 aromatic carbocycles. The molecule has 1 aliphatic heterocycles. The molecule has 0 spiro atoms. The van der Waals surface area contributed by atoms with Crippen molar-refractivity contribution in [3.63, 3.8) is 0 Å². The maximum absolute atomic E-state index is 11.3. The van der Waals surface area contributed by atoms with Gasteiger partial charge >= 0.3 is 11.9 Å². The Morgan fingerprint density at radius 2 is 1.95 bits per heavy atom. The largest absolute Gasteiger partial charge is 0.473 e. The third kappa shape index (κ3) is 2.54. The number of rotatable bonds is 2. The SMILES string of the molecule is NC(=O)C1=Cc2ccccc2NC1OC(=O)C(=O)O. The Hall–Kier alpha value is -2.83. The van der Waals surface area contributed by atoms with Crippen LogP contribution in [0.25, 0.3) is 6.08 Å². The number of nitrogens with two attached hydrogens (primary N) is 1. The minimum Gasteiger partial charge on any atom is -0.473 e. The number of carboxylic acids is 1. The van der Waals surface area contributed by atoms with Crippen LogP contribution in [0.2, 0.25) is 0 Å². The van der Waals surface area contributed by atoms with Gasteiger partial charge in [-0.05, 0) is 17.7 Å². The Morgan fingerprint density at radius 1 is 1.26 bits per heavy atom. The van der Waals surface area contributed by atoms with Crippen LogP contribution in [0.1, 0.15) is 5.56 Å². The third-order valence-electron chi connectivity index (χ3n) is 2.52. The van der Waals surface area contributed by atoms with Gasteiger partial charge in [0.15, 0.2) is 0 Å². The topological polar surface area (TPSA) is 119 Å². The molecule has 2 rings (SSSR count). The summed E-state index contributed by atoms with van der Waals surface area (Å²) < 4.78 is 4.66. The summed E-state index contributed by atoms with van der Waals surface area (Å²) in [5.41, 5.74) is 6.46. The molecule has 0 saturated carbocycles. The predicted molar refractivity (Wildman–Crippen MR) is 64.8 cm³/mol. The zero-order valence-corrected chi connectivity index (χ0v) is 9.62. The zero-order valence-electron chi connectivity index (χ0n) is 9.62. The summed E-state index contributed by atoms with van der Waals surface area (Å²) in [6.45, 7) is 0. The van der Waals surface area contributed by atoms with Crippen molar-refractivity contribution in [1.29, 1.82) is 0 Å². The highest BCUT2D eigenvalue weighted by Crippen LogP contribution is 2.27. The first kappa shape index (κ1) is 12.6. The van der Waals surface area contributed by atoms with Crippen LogP contribution in [0.15, 0.2) is 29.8 Å². The van der Waals surface area contributed by atoms with Crippen LogP contribution in [0.3, 0.4) is 0 Å². The predicted octanol–water partition coefficient (Wildman–Crippen LogP) is -0.0653. The summed E-state index contributed by atoms with van der Waals surface area (Å²) in [5, 5.41) is 11.2. The van der Waals surface area contributed by atoms with E-state index in [4.69, 9.17) is 10.8 Å². The smallest absolute Gasteiger partial charge is 0.419 e. The standard InChI is InChI=1S/C12H10N2O5/c13-9(15)7-5-6-3-1-2-4-8(6)14-10(7)19-12(18)11(16)17/h1-5,10,14H,(H2,13,15)(H,16,17). The molecule has 0 aromatic heterocycles. The normalized spacial score (nSPS) is 16.6. The number of hydrogen-bond donors (Lipinski definition) is 3. The fourth-order valence-electron chi connectivity index (χ4n) is 1.67. The van der Waals surface area contributed by atoms with Gasteiger partial charge in [0, 0.05) is 5.69 Å². The average molecular weight is 262 g/mol. The Balaban J connectivity index is 2.33. The van der Waals surface area contributed by atoms with Gasteiger partial charge in [0.25, 0.3) is 0 Å². The quantitative estimate of drug-likeness (QED) is 0.507. The highest BCUT2D eigenvalue weighted by Gasteiger charge is 2.29. The number of fused-ring (bicyclic) bond motifs is 1. The zero-order chi connectivity index (χ0) is 14.0. The van der Waals surface area contributed by atoms with Crippen LogP contribution < -0.4 is 11.1 Å². The van der Waals surface area contributed by atoms with Gasteiger partial charge < -0.3 is 20.9 Å². The number of carbonyl (C=O) groups excluding carboxylic acids is 2. The van der Waals surface area contributed by atoms with E-state index in [0.29, 0.717) is 11.3 Å². The summed E-state index contributed by atoms with van der Waals surface area (Å²) in [6, 6.07) is 6.94. The van der Waals surface area contributed by atoms with Crippen molar-refractivity contribution in [1.82, 2.24) is 0 Å². The second-order valence-corrected chi connectivity index (χ2v) is 3.79. The molecule has 0 saturated heterocycles. The van der Waals surface area contributed by atoms with Crippen molar-refractivity contribution in [3.05, 3.63) is 35.4 Å². The summed E-state index contributed by atoms with van der Waals surface area (Å²) in [5.74, 6) is -4.02. The van der Waals surface area contributed by atoms with E-state index in [1.807, 2.05) is 0 Å². The van der Waals surface area contributed by atoms with Gasteiger partial charge in [-0.2, -0.15) is 0 Å². The molecule has 1 heterocycles. The first-order valence-electron chi connectivity index (χ1n) is 5.30. The van der Waals surface area contributed by atoms with Crippen LogP contribution in [-0.4, -0.2) is 29.2 Å². The van der Waals surface area contributed by atoms with Gasteiger partial charge in [0.05, 0.1) is 5.57 Å². The number of nitrogens with one attached hydrogen (secondary N) is 1. The lowest BCUT2D eigenvalue weighted by Gasteiger charge is -2.25. The van der Waals surface area contributed by atoms with E-state index in [1.165, 1.54) is 6.08 Å². The van der Waals surface area contributed by atoms with Gasteiger partial charge in [-0.15, -0.1) is 0 Å². The number of benzene rings is 1. The first-order chi connectivity index (χ1) is 8.99. The second kappa shape index (κ2) is 4.81. The monoisotopic (exact) mass is 262 g/mol. The molecule has 1 atom stereocenters. The lowest BCUT2D eigenvalue weighted by Crippen LogP contribution is -2.38. The Kier molecular flexibility index (Phi) is 3.19. The number of carboxylic acid groups (broad SMARTS) is 1. The molecule has 0 bridgehead atoms. The first-order valence-corrected chi connectivity index (χ1v) is 5.30. The second-order valence-electron chi connectivity index (χ2n) is 3.79. The lowest BCUT2D eigenvalue weighted by atomic mass is 10.0. The molecule has 4 N–H and O–H groups in total. The van der Waals surface area contributed by atoms with E-state index in [-0.39, 0.29) is 5.57 Å². The van der Waals surface area contributed by atoms with Crippen LogP contribution in [0, 0.1) is 0 Å². The highest BCUT2D eigenvalue weighted by molar-refractivity contribution is 6.28. The molecule has 1 amide bonds. The molecule has 7 heteroatoms. The van der Waals surface area contributed by atoms with Gasteiger partial charge in [-0.25, -0.2) is 9.59 Å². The highest BCUT2D eigenvalue weighted by atomic mass is 16.6. The lowest BCUT2D eigenvalue weighted by molar-refractivity contribution is -0.165. The van der Waals surface area contributed by atoms with E-state index < -0.39 is 24.1 Å². The molecular formula is C12H10N2O5. The van der Waals surface area contributed by atoms with E-state index in [9.17, 15) is 14.4 Å². The van der Waals surface area contributed by atoms with Gasteiger partial charge in [-0.3, -0.25) is 4.79 Å². The number of amides is 1. The molecular weight excluding hydrogens is 252 g/mol. The third-order valence-corrected chi connectivity index (χ3v) is 2.52. The molecule has 1 aromatic rings. The fraction of sp³-hybridized carbons (Fsp3) is 0.0833. The van der Waals surface area contributed by atoms with E-state index in [1.54, 1.807) is 24.3 Å². The number of primary amides is 1. The van der Waals surface area contributed by atoms with Gasteiger partial charge in [-0.1, -0.05) is 18.2 Å². The number of para-hydroxylation sites is 1. The average Bonchev–Trinajstić information content (AvgIpc) is 2.37. The molecule has 7 nitrogen and oxygen atoms in total. The number of anilines is 1. The number of carbonyl (C=O) groups is 3. The number of esters is 1. The Labute approximate surface area is 107 Å². The number of ether oxygens (including phenoxy) is 1. The van der Waals surface area contributed by atoms with Crippen molar-refractivity contribution >= 4 is 29.6 Å². The molecule has 1 unspecified atom stereocenters. The van der Waals surface area contributed by atoms with Gasteiger partial charge in [0.2, 0.25) is 12.1 Å². The number of aliphatic carboxylic acids is 1. The van der Waals surface area contributed by atoms with E-state index >= 15 is 0 Å². The molecule has 0 radical (unpaired) electrons. The molecule has 0 fully saturated rings. The van der Waals surface area contributed by atoms with Crippen molar-refractivity contribution in [3.8, 4) is 0 Å². The Morgan fingerprint density at radius 3 is 2.58 bits per heavy atom. The summed E-state index contributed by atoms with van der Waals surface area (Å²) in [4.78, 5) is 32.8. The molecule has 0 aliphatic carbocycles. The summed E-state index contributed by atoms with van der Waals surface area (Å²) in [7, 11) is 0. The van der Waals surface area contributed by atoms with Crippen molar-refractivity contribution in [2.24, 2.45) is 5.73 Å². The molecule has 19 heavy (non-hydrogen) atoms. The van der Waals surface area contributed by atoms with E-state index in [2.05, 4.69) is 10.1 Å². The van der Waals surface area contributed by atoms with Crippen LogP contribution in [0.5, 0.6) is 0 Å². The number of hydrogen-bond acceptors (Lipinski definition) is 5. The molecule has 98 valence electrons. The molecule has 1 aliphatic rings. The van der Waals surface area contributed by atoms with Crippen LogP contribution >= 0.6 is 0 Å². The van der Waals surface area contributed by atoms with Crippen molar-refractivity contribution < 1.29 is 24.2 Å². The van der Waals surface area contributed by atoms with Crippen molar-refractivity contribution in [2.45, 2.75) is 6.23 Å².